The topological polar surface area (TPSA) is 147 Å². The summed E-state index contributed by atoms with van der Waals surface area (Å²) in [5, 5.41) is 5.43. The van der Waals surface area contributed by atoms with E-state index in [0.717, 1.165) is 37.0 Å². The highest BCUT2D eigenvalue weighted by atomic mass is 16.2. The number of carbonyl (C=O) groups excluding carboxylic acids is 7. The molecule has 0 atom stereocenters. The highest BCUT2D eigenvalue weighted by Crippen LogP contribution is 2.22. The maximum atomic E-state index is 11.2. The summed E-state index contributed by atoms with van der Waals surface area (Å²) in [5.41, 5.74) is 2.82. The lowest BCUT2D eigenvalue weighted by molar-refractivity contribution is -0.126. The van der Waals surface area contributed by atoms with Crippen LogP contribution in [0.3, 0.4) is 0 Å². The van der Waals surface area contributed by atoms with Crippen molar-refractivity contribution in [1.82, 2.24) is 15.5 Å². The Balaban J connectivity index is -0.000000137. The molecule has 0 aromatic carbocycles. The highest BCUT2D eigenvalue weighted by molar-refractivity contribution is 5.93. The minimum absolute atomic E-state index is 0.0140. The van der Waals surface area contributed by atoms with Crippen molar-refractivity contribution in [3.8, 4) is 0 Å². The fraction of sp³-hybridized carbons (Fsp3) is 0.661. The van der Waals surface area contributed by atoms with E-state index in [1.54, 1.807) is 24.1 Å². The van der Waals surface area contributed by atoms with E-state index in [0.29, 0.717) is 31.2 Å². The van der Waals surface area contributed by atoms with Crippen molar-refractivity contribution < 1.29 is 33.6 Å². The molecule has 0 unspecified atom stereocenters. The zero-order valence-corrected chi connectivity index (χ0v) is 51.5. The number of allylic oxidation sites excluding steroid dienone is 6. The van der Waals surface area contributed by atoms with Crippen LogP contribution in [-0.4, -0.2) is 71.4 Å². The van der Waals surface area contributed by atoms with E-state index in [1.807, 2.05) is 69.2 Å². The Morgan fingerprint density at radius 3 is 1.12 bits per heavy atom. The van der Waals surface area contributed by atoms with E-state index in [-0.39, 0.29) is 73.5 Å². The molecule has 0 saturated carbocycles. The highest BCUT2D eigenvalue weighted by Gasteiger charge is 2.18. The largest absolute Gasteiger partial charge is 0.352 e. The zero-order valence-electron chi connectivity index (χ0n) is 51.5. The molecule has 0 aromatic heterocycles. The third-order valence-electron chi connectivity index (χ3n) is 8.15. The summed E-state index contributed by atoms with van der Waals surface area (Å²) in [4.78, 5) is 77.8. The van der Waals surface area contributed by atoms with Crippen LogP contribution >= 0.6 is 0 Å². The van der Waals surface area contributed by atoms with Gasteiger partial charge in [-0.15, -0.1) is 0 Å². The molecular weight excluding hydrogens is 899 g/mol. The normalized spacial score (nSPS) is 10.9. The Hall–Kier alpha value is -4.73. The van der Waals surface area contributed by atoms with E-state index in [4.69, 9.17) is 0 Å². The van der Waals surface area contributed by atoms with Crippen LogP contribution in [0.1, 0.15) is 212 Å². The lowest BCUT2D eigenvalue weighted by Crippen LogP contribution is -2.39. The van der Waals surface area contributed by atoms with Crippen molar-refractivity contribution in [3.05, 3.63) is 86.6 Å². The van der Waals surface area contributed by atoms with Gasteiger partial charge in [0.15, 0.2) is 23.1 Å². The molecule has 0 aliphatic heterocycles. The quantitative estimate of drug-likeness (QED) is 0.155. The van der Waals surface area contributed by atoms with E-state index in [9.17, 15) is 33.6 Å². The van der Waals surface area contributed by atoms with Crippen LogP contribution in [0.25, 0.3) is 0 Å². The molecule has 0 aromatic rings. The van der Waals surface area contributed by atoms with Crippen LogP contribution < -0.4 is 10.6 Å². The number of amides is 3. The summed E-state index contributed by atoms with van der Waals surface area (Å²) >= 11 is 0. The number of ketones is 4. The standard InChI is InChI=1S/C11H20O.2C10H18O.C9H17NO.C8H15NO.C7H13NO.C7H12O/c1-9(2)8-10(12)6-7-11(3,4)5;1-8(2)6-9(11)7-10(3,4)5;1-5-9(11)7-6-8-10(2,3)4;1-6-8(11)10(5)7-9(2,3)4;1-5-7(10)9-6-8(2,3)4;1-5-6(9)8-7(2,3)4;1-5-6(8)7(2,3)4/h8H,6-7H2,1-5H3;6H,7H2,1-5H3;5H,1,6-8H2,2-4H3;6H,1,7H2,2-5H3;5H,1,6H2,2-4H3,(H,9,10);5H,1H2,2-4H3,(H,8,9);5H,1H2,2-4H3. The maximum Gasteiger partial charge on any atom is 0.245 e. The molecule has 72 heavy (non-hydrogen) atoms. The first kappa shape index (κ1) is 81.3. The number of likely N-dealkylation sites (N-methyl/N-ethyl adjacent to an activating group) is 1. The van der Waals surface area contributed by atoms with Crippen LogP contribution in [0.5, 0.6) is 0 Å². The number of hydrogen-bond acceptors (Lipinski definition) is 7. The maximum absolute atomic E-state index is 11.2. The fourth-order valence-corrected chi connectivity index (χ4v) is 4.78. The molecule has 0 heterocycles. The fourth-order valence-electron chi connectivity index (χ4n) is 4.78. The van der Waals surface area contributed by atoms with Crippen molar-refractivity contribution in [2.75, 3.05) is 20.1 Å². The summed E-state index contributed by atoms with van der Waals surface area (Å²) in [5.74, 6) is 0.506. The van der Waals surface area contributed by atoms with Gasteiger partial charge in [0.2, 0.25) is 17.7 Å². The predicted molar refractivity (Wildman–Crippen MR) is 313 cm³/mol. The number of nitrogens with zero attached hydrogens (tertiary/aromatic N) is 1. The summed E-state index contributed by atoms with van der Waals surface area (Å²) in [7, 11) is 1.79. The van der Waals surface area contributed by atoms with Crippen LogP contribution in [0.15, 0.2) is 86.6 Å². The first-order chi connectivity index (χ1) is 31.8. The summed E-state index contributed by atoms with van der Waals surface area (Å²) < 4.78 is 0. The van der Waals surface area contributed by atoms with Gasteiger partial charge in [-0.05, 0) is 137 Å². The van der Waals surface area contributed by atoms with Gasteiger partial charge in [0, 0.05) is 50.4 Å². The van der Waals surface area contributed by atoms with Gasteiger partial charge in [-0.3, -0.25) is 33.6 Å². The number of hydrogen-bond donors (Lipinski definition) is 2. The van der Waals surface area contributed by atoms with Crippen molar-refractivity contribution in [2.24, 2.45) is 32.5 Å². The van der Waals surface area contributed by atoms with Gasteiger partial charge in [0.05, 0.1) is 0 Å². The van der Waals surface area contributed by atoms with Gasteiger partial charge < -0.3 is 15.5 Å². The van der Waals surface area contributed by atoms with Crippen molar-refractivity contribution >= 4 is 40.9 Å². The van der Waals surface area contributed by atoms with Crippen molar-refractivity contribution in [1.29, 1.82) is 0 Å². The van der Waals surface area contributed by atoms with Crippen LogP contribution in [0.2, 0.25) is 0 Å². The molecule has 0 aliphatic carbocycles. The number of rotatable bonds is 15. The average Bonchev–Trinajstić information content (AvgIpc) is 3.15. The molecule has 0 rings (SSSR count). The minimum Gasteiger partial charge on any atom is -0.352 e. The molecule has 0 saturated heterocycles. The molecule has 0 fully saturated rings. The Labute approximate surface area is 444 Å². The van der Waals surface area contributed by atoms with E-state index in [2.05, 4.69) is 147 Å². The van der Waals surface area contributed by atoms with Crippen molar-refractivity contribution in [3.63, 3.8) is 0 Å². The molecule has 2 N–H and O–H groups in total. The second-order valence-electron chi connectivity index (χ2n) is 26.5. The zero-order chi connectivity index (χ0) is 59.3. The van der Waals surface area contributed by atoms with Gasteiger partial charge in [-0.25, -0.2) is 0 Å². The molecule has 0 aliphatic rings. The molecule has 418 valence electrons. The summed E-state index contributed by atoms with van der Waals surface area (Å²) in [6.45, 7) is 69.3. The molecule has 10 nitrogen and oxygen atoms in total. The van der Waals surface area contributed by atoms with Gasteiger partial charge in [-0.1, -0.05) is 169 Å². The van der Waals surface area contributed by atoms with Gasteiger partial charge in [0.25, 0.3) is 0 Å². The van der Waals surface area contributed by atoms with Crippen LogP contribution in [0, 0.1) is 32.5 Å². The lowest BCUT2D eigenvalue weighted by Gasteiger charge is -2.25. The second-order valence-corrected chi connectivity index (χ2v) is 26.5. The van der Waals surface area contributed by atoms with E-state index in [1.165, 1.54) is 30.4 Å². The number of carbonyl (C=O) groups is 7. The Morgan fingerprint density at radius 2 is 0.875 bits per heavy atom. The molecule has 3 amide bonds. The lowest BCUT2D eigenvalue weighted by atomic mass is 9.89. The second kappa shape index (κ2) is 39.8. The van der Waals surface area contributed by atoms with Crippen LogP contribution in [0.4, 0.5) is 0 Å². The molecule has 10 heteroatoms. The van der Waals surface area contributed by atoms with E-state index >= 15 is 0 Å². The van der Waals surface area contributed by atoms with Crippen molar-refractivity contribution in [2.45, 2.75) is 217 Å². The monoisotopic (exact) mass is 1010 g/mol. The minimum atomic E-state index is -0.248. The summed E-state index contributed by atoms with van der Waals surface area (Å²) in [6.07, 6.45) is 15.1. The Bertz CT molecular complexity index is 1720. The molecular formula is C62H113N3O7. The summed E-state index contributed by atoms with van der Waals surface area (Å²) in [6, 6.07) is 0. The smallest absolute Gasteiger partial charge is 0.245 e. The first-order valence-corrected chi connectivity index (χ1v) is 25.2. The molecule has 0 radical (unpaired) electrons. The molecule has 0 bridgehead atoms. The molecule has 0 spiro atoms. The van der Waals surface area contributed by atoms with Gasteiger partial charge >= 0.3 is 0 Å². The van der Waals surface area contributed by atoms with Gasteiger partial charge in [-0.2, -0.15) is 0 Å². The number of nitrogens with one attached hydrogen (secondary N) is 2. The Kier molecular flexibility index (Phi) is 44.9. The first-order valence-electron chi connectivity index (χ1n) is 25.2. The SMILES string of the molecule is C=CC(=O)C(C)(C)C.C=CC(=O)CCCC(C)(C)C.C=CC(=O)N(C)CC(C)(C)C.C=CC(=O)NC(C)(C)C.C=CC(=O)NCC(C)(C)C.CC(C)=CC(=O)CC(C)(C)C.CC(C)=CC(=O)CCC(C)(C)C. The van der Waals surface area contributed by atoms with Crippen LogP contribution in [-0.2, 0) is 33.6 Å². The predicted octanol–water partition coefficient (Wildman–Crippen LogP) is 15.2. The van der Waals surface area contributed by atoms with Gasteiger partial charge in [0.1, 0.15) is 0 Å². The Morgan fingerprint density at radius 1 is 0.458 bits per heavy atom. The van der Waals surface area contributed by atoms with E-state index < -0.39 is 0 Å². The average molecular weight is 1010 g/mol. The third kappa shape index (κ3) is 82.2. The third-order valence-corrected chi connectivity index (χ3v) is 8.15.